The van der Waals surface area contributed by atoms with Crippen LogP contribution in [0.3, 0.4) is 0 Å². The molecule has 0 radical (unpaired) electrons. The molecule has 0 aromatic heterocycles. The summed E-state index contributed by atoms with van der Waals surface area (Å²) in [5.41, 5.74) is 0. The largest absolute Gasteiger partial charge is 0.458 e. The third-order valence-corrected chi connectivity index (χ3v) is 7.95. The summed E-state index contributed by atoms with van der Waals surface area (Å²) in [6.45, 7) is 12.1. The van der Waals surface area contributed by atoms with Crippen LogP contribution in [0.15, 0.2) is 38.0 Å². The van der Waals surface area contributed by atoms with E-state index in [1.807, 2.05) is 0 Å². The Morgan fingerprint density at radius 1 is 0.489 bits per heavy atom. The van der Waals surface area contributed by atoms with Crippen LogP contribution in [0.2, 0.25) is 0 Å². The van der Waals surface area contributed by atoms with Gasteiger partial charge in [-0.1, -0.05) is 168 Å². The minimum absolute atomic E-state index is 0.113. The summed E-state index contributed by atoms with van der Waals surface area (Å²) in [4.78, 5) is 34.8. The van der Waals surface area contributed by atoms with E-state index in [1.165, 1.54) is 128 Å². The van der Waals surface area contributed by atoms with E-state index in [4.69, 9.17) is 18.9 Å². The molecule has 0 aromatic rings. The number of carbonyl (C=O) groups excluding carboxylic acids is 3. The molecule has 0 spiro atoms. The van der Waals surface area contributed by atoms with Crippen molar-refractivity contribution < 1.29 is 33.3 Å². The van der Waals surface area contributed by atoms with Crippen LogP contribution >= 0.6 is 0 Å². The van der Waals surface area contributed by atoms with Gasteiger partial charge in [-0.25, -0.2) is 14.4 Å². The van der Waals surface area contributed by atoms with Crippen molar-refractivity contribution in [1.29, 1.82) is 0 Å². The summed E-state index contributed by atoms with van der Waals surface area (Å²) in [6.07, 6.45) is 32.5. The van der Waals surface area contributed by atoms with Gasteiger partial charge in [-0.2, -0.15) is 0 Å². The SMILES string of the molecule is C=CC(=O)OCC(COC(CCCCCCCCCCCCCCCCCCCCCCCCC)OC(=O)C=C)OC(=O)C=C. The van der Waals surface area contributed by atoms with E-state index in [1.54, 1.807) is 0 Å². The van der Waals surface area contributed by atoms with Gasteiger partial charge >= 0.3 is 17.9 Å². The standard InChI is InChI=1S/C38H66O7/c1-5-9-10-11-12-13-14-15-16-17-18-19-20-21-22-23-24-25-26-27-28-29-30-31-38(45-37(41)8-4)43-33-34(44-36(40)7-3)32-42-35(39)6-2/h6-8,34,38H,2-5,9-33H2,1H3. The maximum Gasteiger partial charge on any atom is 0.332 e. The summed E-state index contributed by atoms with van der Waals surface area (Å²) >= 11 is 0. The summed E-state index contributed by atoms with van der Waals surface area (Å²) < 4.78 is 21.2. The normalized spacial score (nSPS) is 12.2. The third kappa shape index (κ3) is 30.0. The predicted molar refractivity (Wildman–Crippen MR) is 184 cm³/mol. The van der Waals surface area contributed by atoms with Gasteiger partial charge in [-0.05, 0) is 6.42 Å². The maximum atomic E-state index is 11.8. The lowest BCUT2D eigenvalue weighted by Crippen LogP contribution is -2.32. The molecule has 2 atom stereocenters. The Morgan fingerprint density at radius 3 is 1.22 bits per heavy atom. The second-order valence-electron chi connectivity index (χ2n) is 12.1. The molecule has 0 N–H and O–H groups in total. The van der Waals surface area contributed by atoms with E-state index in [2.05, 4.69) is 26.7 Å². The topological polar surface area (TPSA) is 88.1 Å². The zero-order valence-electron chi connectivity index (χ0n) is 28.8. The van der Waals surface area contributed by atoms with E-state index in [9.17, 15) is 14.4 Å². The molecule has 0 saturated heterocycles. The van der Waals surface area contributed by atoms with E-state index in [0.29, 0.717) is 6.42 Å². The Labute approximate surface area is 275 Å². The second kappa shape index (κ2) is 33.0. The Morgan fingerprint density at radius 2 is 0.844 bits per heavy atom. The van der Waals surface area contributed by atoms with Crippen molar-refractivity contribution >= 4 is 17.9 Å². The van der Waals surface area contributed by atoms with Crippen molar-refractivity contribution in [2.75, 3.05) is 13.2 Å². The minimum Gasteiger partial charge on any atom is -0.458 e. The van der Waals surface area contributed by atoms with Crippen molar-refractivity contribution in [1.82, 2.24) is 0 Å². The molecule has 2 unspecified atom stereocenters. The van der Waals surface area contributed by atoms with E-state index in [-0.39, 0.29) is 13.2 Å². The van der Waals surface area contributed by atoms with Gasteiger partial charge in [-0.15, -0.1) is 0 Å². The molecule has 0 rings (SSSR count). The number of rotatable bonds is 34. The Hall–Kier alpha value is -2.41. The predicted octanol–water partition coefficient (Wildman–Crippen LogP) is 10.3. The molecule has 0 amide bonds. The van der Waals surface area contributed by atoms with Crippen molar-refractivity contribution in [3.63, 3.8) is 0 Å². The minimum atomic E-state index is -0.876. The van der Waals surface area contributed by atoms with Crippen molar-refractivity contribution in [3.05, 3.63) is 38.0 Å². The fourth-order valence-corrected chi connectivity index (χ4v) is 5.23. The maximum absolute atomic E-state index is 11.8. The third-order valence-electron chi connectivity index (χ3n) is 7.95. The first-order valence-corrected chi connectivity index (χ1v) is 18.0. The van der Waals surface area contributed by atoms with Gasteiger partial charge in [0.15, 0.2) is 6.10 Å². The van der Waals surface area contributed by atoms with Gasteiger partial charge in [0, 0.05) is 24.6 Å². The summed E-state index contributed by atoms with van der Waals surface area (Å²) in [7, 11) is 0. The van der Waals surface area contributed by atoms with E-state index >= 15 is 0 Å². The first kappa shape index (κ1) is 42.6. The molecule has 0 heterocycles. The lowest BCUT2D eigenvalue weighted by Gasteiger charge is -2.22. The average molecular weight is 635 g/mol. The first-order valence-electron chi connectivity index (χ1n) is 18.0. The van der Waals surface area contributed by atoms with Gasteiger partial charge in [0.2, 0.25) is 6.29 Å². The number of hydrogen-bond acceptors (Lipinski definition) is 7. The molecule has 7 heteroatoms. The number of unbranched alkanes of at least 4 members (excludes halogenated alkanes) is 22. The van der Waals surface area contributed by atoms with Crippen LogP contribution in [-0.2, 0) is 33.3 Å². The zero-order valence-corrected chi connectivity index (χ0v) is 28.8. The highest BCUT2D eigenvalue weighted by Gasteiger charge is 2.20. The highest BCUT2D eigenvalue weighted by Crippen LogP contribution is 2.17. The first-order chi connectivity index (χ1) is 22.0. The van der Waals surface area contributed by atoms with Crippen LogP contribution in [0.1, 0.15) is 161 Å². The molecule has 45 heavy (non-hydrogen) atoms. The molecule has 0 fully saturated rings. The average Bonchev–Trinajstić information content (AvgIpc) is 3.05. The molecular formula is C38H66O7. The Bertz CT molecular complexity index is 763. The molecule has 0 aromatic carbocycles. The van der Waals surface area contributed by atoms with Crippen molar-refractivity contribution in [2.45, 2.75) is 173 Å². The van der Waals surface area contributed by atoms with Gasteiger partial charge in [-0.3, -0.25) is 0 Å². The lowest BCUT2D eigenvalue weighted by atomic mass is 10.0. The van der Waals surface area contributed by atoms with Crippen LogP contribution < -0.4 is 0 Å². The monoisotopic (exact) mass is 634 g/mol. The van der Waals surface area contributed by atoms with Crippen LogP contribution in [0, 0.1) is 0 Å². The molecule has 0 saturated carbocycles. The number of carbonyl (C=O) groups is 3. The van der Waals surface area contributed by atoms with Crippen LogP contribution in [0.25, 0.3) is 0 Å². The highest BCUT2D eigenvalue weighted by molar-refractivity contribution is 5.82. The van der Waals surface area contributed by atoms with Crippen molar-refractivity contribution in [3.8, 4) is 0 Å². The zero-order chi connectivity index (χ0) is 33.2. The van der Waals surface area contributed by atoms with Crippen LogP contribution in [0.5, 0.6) is 0 Å². The van der Waals surface area contributed by atoms with E-state index < -0.39 is 30.3 Å². The fraction of sp³-hybridized carbons (Fsp3) is 0.763. The van der Waals surface area contributed by atoms with Gasteiger partial charge in [0.05, 0.1) is 6.61 Å². The van der Waals surface area contributed by atoms with Gasteiger partial charge in [0.1, 0.15) is 6.61 Å². The summed E-state index contributed by atoms with van der Waals surface area (Å²) in [5, 5.41) is 0. The van der Waals surface area contributed by atoms with Gasteiger partial charge < -0.3 is 18.9 Å². The van der Waals surface area contributed by atoms with E-state index in [0.717, 1.165) is 37.5 Å². The van der Waals surface area contributed by atoms with Crippen molar-refractivity contribution in [2.24, 2.45) is 0 Å². The van der Waals surface area contributed by atoms with Gasteiger partial charge in [0.25, 0.3) is 0 Å². The fourth-order valence-electron chi connectivity index (χ4n) is 5.23. The summed E-state index contributed by atoms with van der Waals surface area (Å²) in [5.74, 6) is -1.91. The molecule has 0 bridgehead atoms. The Kier molecular flexibility index (Phi) is 31.2. The molecule has 260 valence electrons. The quantitative estimate of drug-likeness (QED) is 0.0229. The lowest BCUT2D eigenvalue weighted by molar-refractivity contribution is -0.187. The number of hydrogen-bond donors (Lipinski definition) is 0. The second-order valence-corrected chi connectivity index (χ2v) is 12.1. The highest BCUT2D eigenvalue weighted by atomic mass is 16.7. The molecular weight excluding hydrogens is 568 g/mol. The molecule has 0 aliphatic heterocycles. The molecule has 0 aliphatic carbocycles. The molecule has 0 aliphatic rings. The number of ether oxygens (including phenoxy) is 4. The number of esters is 3. The summed E-state index contributed by atoms with van der Waals surface area (Å²) in [6, 6.07) is 0. The van der Waals surface area contributed by atoms with Crippen LogP contribution in [0.4, 0.5) is 0 Å². The Balaban J connectivity index is 3.83. The van der Waals surface area contributed by atoms with Crippen LogP contribution in [-0.4, -0.2) is 43.5 Å². The molecule has 7 nitrogen and oxygen atoms in total. The smallest absolute Gasteiger partial charge is 0.332 e.